The zero-order chi connectivity index (χ0) is 18.4. The van der Waals surface area contributed by atoms with E-state index in [0.717, 1.165) is 0 Å². The normalized spacial score (nSPS) is 12.1. The third-order valence-electron chi connectivity index (χ3n) is 3.78. The number of nitrogens with zero attached hydrogens (tertiary/aromatic N) is 1. The van der Waals surface area contributed by atoms with Crippen LogP contribution in [0.15, 0.2) is 42.5 Å². The minimum atomic E-state index is -0.396. The summed E-state index contributed by atoms with van der Waals surface area (Å²) in [5, 5.41) is 3.46. The van der Waals surface area contributed by atoms with Crippen LogP contribution in [0.2, 0.25) is 10.0 Å². The summed E-state index contributed by atoms with van der Waals surface area (Å²) in [5.74, 6) is 0.0699. The van der Waals surface area contributed by atoms with Crippen molar-refractivity contribution in [2.45, 2.75) is 13.0 Å². The van der Waals surface area contributed by atoms with Crippen molar-refractivity contribution in [2.75, 3.05) is 25.5 Å². The molecular formula is C18H19Cl2FN2O2. The van der Waals surface area contributed by atoms with Crippen LogP contribution in [0.5, 0.6) is 5.75 Å². The molecule has 0 radical (unpaired) electrons. The molecule has 0 spiro atoms. The van der Waals surface area contributed by atoms with Crippen molar-refractivity contribution in [3.63, 3.8) is 0 Å². The molecule has 0 aliphatic carbocycles. The summed E-state index contributed by atoms with van der Waals surface area (Å²) < 4.78 is 18.4. The highest BCUT2D eigenvalue weighted by atomic mass is 35.5. The van der Waals surface area contributed by atoms with Gasteiger partial charge in [0.25, 0.3) is 0 Å². The van der Waals surface area contributed by atoms with E-state index >= 15 is 0 Å². The van der Waals surface area contributed by atoms with Gasteiger partial charge in [0.15, 0.2) is 0 Å². The van der Waals surface area contributed by atoms with Crippen LogP contribution in [-0.2, 0) is 4.79 Å². The SMILES string of the molecule is CC(C(=O)Nc1cccc(Cl)c1Cl)N(C)CCOc1ccc(F)cc1. The zero-order valence-electron chi connectivity index (χ0n) is 13.9. The van der Waals surface area contributed by atoms with Gasteiger partial charge in [-0.3, -0.25) is 9.69 Å². The molecule has 1 amide bonds. The van der Waals surface area contributed by atoms with Crippen LogP contribution in [0.1, 0.15) is 6.92 Å². The van der Waals surface area contributed by atoms with Gasteiger partial charge in [0.1, 0.15) is 18.2 Å². The topological polar surface area (TPSA) is 41.6 Å². The molecule has 2 aromatic carbocycles. The number of halogens is 3. The number of carbonyl (C=O) groups excluding carboxylic acids is 1. The first-order valence-corrected chi connectivity index (χ1v) is 8.47. The van der Waals surface area contributed by atoms with Gasteiger partial charge < -0.3 is 10.1 Å². The minimum Gasteiger partial charge on any atom is -0.492 e. The number of amides is 1. The molecule has 0 heterocycles. The first kappa shape index (κ1) is 19.5. The number of hydrogen-bond acceptors (Lipinski definition) is 3. The van der Waals surface area contributed by atoms with Gasteiger partial charge in [-0.25, -0.2) is 4.39 Å². The molecule has 0 aliphatic rings. The fourth-order valence-electron chi connectivity index (χ4n) is 2.07. The molecule has 0 fully saturated rings. The van der Waals surface area contributed by atoms with Gasteiger partial charge in [0.05, 0.1) is 21.8 Å². The van der Waals surface area contributed by atoms with Crippen molar-refractivity contribution in [3.05, 3.63) is 58.3 Å². The fourth-order valence-corrected chi connectivity index (χ4v) is 2.42. The lowest BCUT2D eigenvalue weighted by Crippen LogP contribution is -2.41. The van der Waals surface area contributed by atoms with E-state index in [1.54, 1.807) is 37.3 Å². The lowest BCUT2D eigenvalue weighted by atomic mass is 10.2. The molecular weight excluding hydrogens is 366 g/mol. The fraction of sp³-hybridized carbons (Fsp3) is 0.278. The quantitative estimate of drug-likeness (QED) is 0.765. The maximum atomic E-state index is 12.8. The average Bonchev–Trinajstić information content (AvgIpc) is 2.59. The molecule has 1 atom stereocenters. The number of carbonyl (C=O) groups is 1. The number of ether oxygens (including phenoxy) is 1. The highest BCUT2D eigenvalue weighted by Gasteiger charge is 2.19. The maximum Gasteiger partial charge on any atom is 0.241 e. The van der Waals surface area contributed by atoms with Crippen molar-refractivity contribution in [1.29, 1.82) is 0 Å². The van der Waals surface area contributed by atoms with E-state index < -0.39 is 6.04 Å². The summed E-state index contributed by atoms with van der Waals surface area (Å²) in [6.45, 7) is 2.68. The molecule has 1 unspecified atom stereocenters. The number of nitrogens with one attached hydrogen (secondary N) is 1. The molecule has 0 saturated carbocycles. The number of benzene rings is 2. The Hall–Kier alpha value is -1.82. The van der Waals surface area contributed by atoms with E-state index in [-0.39, 0.29) is 11.7 Å². The number of anilines is 1. The molecule has 134 valence electrons. The highest BCUT2D eigenvalue weighted by Crippen LogP contribution is 2.29. The number of hydrogen-bond donors (Lipinski definition) is 1. The molecule has 7 heteroatoms. The number of rotatable bonds is 7. The summed E-state index contributed by atoms with van der Waals surface area (Å²) in [4.78, 5) is 14.2. The lowest BCUT2D eigenvalue weighted by molar-refractivity contribution is -0.120. The Kier molecular flexibility index (Phi) is 7.05. The van der Waals surface area contributed by atoms with Crippen LogP contribution in [-0.4, -0.2) is 37.0 Å². The van der Waals surface area contributed by atoms with Gasteiger partial charge in [-0.2, -0.15) is 0 Å². The van der Waals surface area contributed by atoms with Gasteiger partial charge in [0.2, 0.25) is 5.91 Å². The van der Waals surface area contributed by atoms with E-state index in [1.165, 1.54) is 12.1 Å². The highest BCUT2D eigenvalue weighted by molar-refractivity contribution is 6.44. The maximum absolute atomic E-state index is 12.8. The van der Waals surface area contributed by atoms with Gasteiger partial charge >= 0.3 is 0 Å². The second kappa shape index (κ2) is 9.04. The molecule has 0 aromatic heterocycles. The summed E-state index contributed by atoms with van der Waals surface area (Å²) in [5.41, 5.74) is 0.474. The van der Waals surface area contributed by atoms with E-state index in [1.807, 2.05) is 11.9 Å². The summed E-state index contributed by atoms with van der Waals surface area (Å²) >= 11 is 12.0. The van der Waals surface area contributed by atoms with Crippen LogP contribution in [0, 0.1) is 5.82 Å². The molecule has 2 rings (SSSR count). The van der Waals surface area contributed by atoms with Crippen LogP contribution < -0.4 is 10.1 Å². The van der Waals surface area contributed by atoms with Gasteiger partial charge in [-0.1, -0.05) is 29.3 Å². The number of likely N-dealkylation sites (N-methyl/N-ethyl adjacent to an activating group) is 1. The Bertz CT molecular complexity index is 726. The van der Waals surface area contributed by atoms with Crippen molar-refractivity contribution in [2.24, 2.45) is 0 Å². The summed E-state index contributed by atoms with van der Waals surface area (Å²) in [7, 11) is 1.82. The second-order valence-electron chi connectivity index (χ2n) is 5.55. The van der Waals surface area contributed by atoms with Crippen molar-refractivity contribution >= 4 is 34.8 Å². The van der Waals surface area contributed by atoms with Crippen molar-refractivity contribution in [1.82, 2.24) is 4.90 Å². The Morgan fingerprint density at radius 2 is 1.92 bits per heavy atom. The van der Waals surface area contributed by atoms with Crippen molar-refractivity contribution in [3.8, 4) is 5.75 Å². The third-order valence-corrected chi connectivity index (χ3v) is 4.60. The zero-order valence-corrected chi connectivity index (χ0v) is 15.4. The third kappa shape index (κ3) is 5.59. The van der Waals surface area contributed by atoms with Crippen molar-refractivity contribution < 1.29 is 13.9 Å². The Balaban J connectivity index is 1.84. The molecule has 0 saturated heterocycles. The molecule has 2 aromatic rings. The standard InChI is InChI=1S/C18H19Cl2FN2O2/c1-12(18(24)22-16-5-3-4-15(19)17(16)20)23(2)10-11-25-14-8-6-13(21)7-9-14/h3-9,12H,10-11H2,1-2H3,(H,22,24). The average molecular weight is 385 g/mol. The predicted molar refractivity (Wildman–Crippen MR) is 99.1 cm³/mol. The first-order valence-electron chi connectivity index (χ1n) is 7.72. The summed E-state index contributed by atoms with van der Waals surface area (Å²) in [6, 6.07) is 10.5. The van der Waals surface area contributed by atoms with Crippen LogP contribution in [0.4, 0.5) is 10.1 Å². The second-order valence-corrected chi connectivity index (χ2v) is 6.33. The smallest absolute Gasteiger partial charge is 0.241 e. The Morgan fingerprint density at radius 3 is 2.60 bits per heavy atom. The Labute approximate surface area is 156 Å². The van der Waals surface area contributed by atoms with Gasteiger partial charge in [0, 0.05) is 6.54 Å². The molecule has 25 heavy (non-hydrogen) atoms. The lowest BCUT2D eigenvalue weighted by Gasteiger charge is -2.24. The molecule has 4 nitrogen and oxygen atoms in total. The predicted octanol–water partition coefficient (Wildman–Crippen LogP) is 4.47. The first-order chi connectivity index (χ1) is 11.9. The van der Waals surface area contributed by atoms with Crippen LogP contribution in [0.25, 0.3) is 0 Å². The van der Waals surface area contributed by atoms with Crippen LogP contribution in [0.3, 0.4) is 0 Å². The van der Waals surface area contributed by atoms with E-state index in [0.29, 0.717) is 34.6 Å². The largest absolute Gasteiger partial charge is 0.492 e. The van der Waals surface area contributed by atoms with E-state index in [9.17, 15) is 9.18 Å². The molecule has 0 bridgehead atoms. The Morgan fingerprint density at radius 1 is 1.24 bits per heavy atom. The summed E-state index contributed by atoms with van der Waals surface area (Å²) in [6.07, 6.45) is 0. The molecule has 0 aliphatic heterocycles. The van der Waals surface area contributed by atoms with Crippen LogP contribution >= 0.6 is 23.2 Å². The minimum absolute atomic E-state index is 0.201. The molecule has 1 N–H and O–H groups in total. The van der Waals surface area contributed by atoms with Gasteiger partial charge in [-0.15, -0.1) is 0 Å². The van der Waals surface area contributed by atoms with E-state index in [4.69, 9.17) is 27.9 Å². The van der Waals surface area contributed by atoms with E-state index in [2.05, 4.69) is 5.32 Å². The van der Waals surface area contributed by atoms with Gasteiger partial charge in [-0.05, 0) is 50.4 Å². The monoisotopic (exact) mass is 384 g/mol.